The van der Waals surface area contributed by atoms with Crippen molar-refractivity contribution in [1.82, 2.24) is 10.3 Å². The Kier molecular flexibility index (Phi) is 5.80. The number of hydrogen-bond acceptors (Lipinski definition) is 4. The molecule has 1 aliphatic heterocycles. The monoisotopic (exact) mass is 276 g/mol. The molecule has 2 rings (SSSR count). The van der Waals surface area contributed by atoms with E-state index in [0.717, 1.165) is 31.7 Å². The second kappa shape index (κ2) is 7.85. The smallest absolute Gasteiger partial charge is 0.255 e. The van der Waals surface area contributed by atoms with E-state index in [-0.39, 0.29) is 5.91 Å². The molecule has 1 aromatic rings. The number of nitrogens with one attached hydrogen (secondary N) is 1. The van der Waals surface area contributed by atoms with Crippen LogP contribution in [0.2, 0.25) is 0 Å². The van der Waals surface area contributed by atoms with Gasteiger partial charge in [0.25, 0.3) is 5.91 Å². The molecule has 1 fully saturated rings. The predicted octanol–water partition coefficient (Wildman–Crippen LogP) is 1.54. The predicted molar refractivity (Wildman–Crippen MR) is 80.9 cm³/mol. The fourth-order valence-corrected chi connectivity index (χ4v) is 2.50. The van der Waals surface area contributed by atoms with Crippen LogP contribution in [-0.4, -0.2) is 37.1 Å². The third-order valence-corrected chi connectivity index (χ3v) is 3.60. The Labute approximate surface area is 120 Å². The van der Waals surface area contributed by atoms with Gasteiger partial charge in [-0.05, 0) is 50.8 Å². The summed E-state index contributed by atoms with van der Waals surface area (Å²) in [6.07, 6.45) is 7.23. The van der Waals surface area contributed by atoms with Gasteiger partial charge in [-0.25, -0.2) is 4.98 Å². The minimum Gasteiger partial charge on any atom is -0.356 e. The molecule has 0 spiro atoms. The molecule has 3 N–H and O–H groups in total. The normalized spacial score (nSPS) is 15.2. The lowest BCUT2D eigenvalue weighted by molar-refractivity contribution is 0.0953. The van der Waals surface area contributed by atoms with Gasteiger partial charge in [0, 0.05) is 25.8 Å². The highest BCUT2D eigenvalue weighted by Crippen LogP contribution is 2.21. The summed E-state index contributed by atoms with van der Waals surface area (Å²) in [6.45, 7) is 3.32. The number of carbonyl (C=O) groups is 1. The van der Waals surface area contributed by atoms with E-state index >= 15 is 0 Å². The molecule has 5 heteroatoms. The Morgan fingerprint density at radius 3 is 2.85 bits per heavy atom. The van der Waals surface area contributed by atoms with Crippen molar-refractivity contribution in [2.45, 2.75) is 32.1 Å². The summed E-state index contributed by atoms with van der Waals surface area (Å²) >= 11 is 0. The van der Waals surface area contributed by atoms with Crippen molar-refractivity contribution in [1.29, 1.82) is 0 Å². The van der Waals surface area contributed by atoms with Crippen LogP contribution in [0.5, 0.6) is 0 Å². The third-order valence-electron chi connectivity index (χ3n) is 3.60. The molecule has 0 aliphatic carbocycles. The molecular weight excluding hydrogens is 252 g/mol. The summed E-state index contributed by atoms with van der Waals surface area (Å²) < 4.78 is 0. The number of unbranched alkanes of at least 4 members (excludes halogenated alkanes) is 1. The van der Waals surface area contributed by atoms with Crippen LogP contribution in [-0.2, 0) is 0 Å². The van der Waals surface area contributed by atoms with Gasteiger partial charge >= 0.3 is 0 Å². The van der Waals surface area contributed by atoms with Crippen molar-refractivity contribution in [3.05, 3.63) is 23.9 Å². The SMILES string of the molecule is NCCCCNC(=O)c1cccnc1N1CCCCC1. The Morgan fingerprint density at radius 2 is 2.10 bits per heavy atom. The summed E-state index contributed by atoms with van der Waals surface area (Å²) in [6, 6.07) is 3.68. The lowest BCUT2D eigenvalue weighted by atomic mass is 10.1. The molecule has 5 nitrogen and oxygen atoms in total. The van der Waals surface area contributed by atoms with Gasteiger partial charge < -0.3 is 16.0 Å². The van der Waals surface area contributed by atoms with Crippen molar-refractivity contribution in [3.63, 3.8) is 0 Å². The summed E-state index contributed by atoms with van der Waals surface area (Å²) in [5.41, 5.74) is 6.13. The molecule has 0 unspecified atom stereocenters. The van der Waals surface area contributed by atoms with Crippen LogP contribution < -0.4 is 16.0 Å². The van der Waals surface area contributed by atoms with Gasteiger partial charge in [-0.15, -0.1) is 0 Å². The number of nitrogens with two attached hydrogens (primary N) is 1. The van der Waals surface area contributed by atoms with E-state index in [0.29, 0.717) is 18.7 Å². The van der Waals surface area contributed by atoms with E-state index in [9.17, 15) is 4.79 Å². The molecular formula is C15H24N4O. The van der Waals surface area contributed by atoms with Crippen LogP contribution in [0.15, 0.2) is 18.3 Å². The largest absolute Gasteiger partial charge is 0.356 e. The standard InChI is InChI=1S/C15H24N4O/c16-8-2-3-9-18-15(20)13-7-6-10-17-14(13)19-11-4-1-5-12-19/h6-7,10H,1-5,8-9,11-12,16H2,(H,18,20). The van der Waals surface area contributed by atoms with E-state index in [1.165, 1.54) is 19.3 Å². The highest BCUT2D eigenvalue weighted by molar-refractivity contribution is 5.98. The molecule has 1 aromatic heterocycles. The lowest BCUT2D eigenvalue weighted by Gasteiger charge is -2.29. The number of nitrogens with zero attached hydrogens (tertiary/aromatic N) is 2. The number of piperidine rings is 1. The average molecular weight is 276 g/mol. The van der Waals surface area contributed by atoms with Crippen LogP contribution >= 0.6 is 0 Å². The third kappa shape index (κ3) is 3.93. The van der Waals surface area contributed by atoms with Crippen LogP contribution in [0.3, 0.4) is 0 Å². The summed E-state index contributed by atoms with van der Waals surface area (Å²) in [7, 11) is 0. The molecule has 0 radical (unpaired) electrons. The highest BCUT2D eigenvalue weighted by Gasteiger charge is 2.19. The minimum atomic E-state index is -0.0318. The zero-order valence-electron chi connectivity index (χ0n) is 12.0. The quantitative estimate of drug-likeness (QED) is 0.773. The molecule has 20 heavy (non-hydrogen) atoms. The number of carbonyl (C=O) groups excluding carboxylic acids is 1. The Hall–Kier alpha value is -1.62. The van der Waals surface area contributed by atoms with E-state index in [1.807, 2.05) is 12.1 Å². The average Bonchev–Trinajstić information content (AvgIpc) is 2.52. The number of pyridine rings is 1. The molecule has 1 aliphatic rings. The van der Waals surface area contributed by atoms with Gasteiger partial charge in [-0.2, -0.15) is 0 Å². The Balaban J connectivity index is 2.01. The van der Waals surface area contributed by atoms with Gasteiger partial charge in [0.05, 0.1) is 5.56 Å². The number of aromatic nitrogens is 1. The first kappa shape index (κ1) is 14.8. The van der Waals surface area contributed by atoms with E-state index in [1.54, 1.807) is 6.20 Å². The second-order valence-corrected chi connectivity index (χ2v) is 5.17. The first-order chi connectivity index (χ1) is 9.83. The van der Waals surface area contributed by atoms with Crippen molar-refractivity contribution >= 4 is 11.7 Å². The zero-order valence-corrected chi connectivity index (χ0v) is 12.0. The Bertz CT molecular complexity index is 430. The number of hydrogen-bond donors (Lipinski definition) is 2. The van der Waals surface area contributed by atoms with Crippen LogP contribution in [0.25, 0.3) is 0 Å². The molecule has 0 saturated carbocycles. The number of rotatable bonds is 6. The molecule has 0 atom stereocenters. The molecule has 1 saturated heterocycles. The highest BCUT2D eigenvalue weighted by atomic mass is 16.1. The topological polar surface area (TPSA) is 71.2 Å². The van der Waals surface area contributed by atoms with E-state index in [2.05, 4.69) is 15.2 Å². The minimum absolute atomic E-state index is 0.0318. The molecule has 2 heterocycles. The molecule has 1 amide bonds. The Morgan fingerprint density at radius 1 is 1.30 bits per heavy atom. The first-order valence-corrected chi connectivity index (χ1v) is 7.51. The molecule has 0 bridgehead atoms. The van der Waals surface area contributed by atoms with Crippen LogP contribution in [0, 0.1) is 0 Å². The maximum Gasteiger partial charge on any atom is 0.255 e. The maximum absolute atomic E-state index is 12.3. The van der Waals surface area contributed by atoms with Crippen molar-refractivity contribution in [2.75, 3.05) is 31.1 Å². The summed E-state index contributed by atoms with van der Waals surface area (Å²) in [5, 5.41) is 2.95. The first-order valence-electron chi connectivity index (χ1n) is 7.51. The zero-order chi connectivity index (χ0) is 14.2. The summed E-state index contributed by atoms with van der Waals surface area (Å²) in [5.74, 6) is 0.791. The maximum atomic E-state index is 12.3. The van der Waals surface area contributed by atoms with Crippen molar-refractivity contribution < 1.29 is 4.79 Å². The summed E-state index contributed by atoms with van der Waals surface area (Å²) in [4.78, 5) is 18.9. The van der Waals surface area contributed by atoms with Crippen LogP contribution in [0.4, 0.5) is 5.82 Å². The molecule has 0 aromatic carbocycles. The molecule has 110 valence electrons. The van der Waals surface area contributed by atoms with Gasteiger partial charge in [-0.1, -0.05) is 0 Å². The van der Waals surface area contributed by atoms with Crippen LogP contribution in [0.1, 0.15) is 42.5 Å². The number of anilines is 1. The lowest BCUT2D eigenvalue weighted by Crippen LogP contribution is -2.33. The van der Waals surface area contributed by atoms with E-state index in [4.69, 9.17) is 5.73 Å². The van der Waals surface area contributed by atoms with Crippen molar-refractivity contribution in [2.24, 2.45) is 5.73 Å². The van der Waals surface area contributed by atoms with Gasteiger partial charge in [-0.3, -0.25) is 4.79 Å². The van der Waals surface area contributed by atoms with Gasteiger partial charge in [0.1, 0.15) is 5.82 Å². The fourth-order valence-electron chi connectivity index (χ4n) is 2.50. The van der Waals surface area contributed by atoms with Gasteiger partial charge in [0.15, 0.2) is 0 Å². The second-order valence-electron chi connectivity index (χ2n) is 5.17. The fraction of sp³-hybridized carbons (Fsp3) is 0.600. The van der Waals surface area contributed by atoms with E-state index < -0.39 is 0 Å². The van der Waals surface area contributed by atoms with Gasteiger partial charge in [0.2, 0.25) is 0 Å². The van der Waals surface area contributed by atoms with Crippen molar-refractivity contribution in [3.8, 4) is 0 Å². The number of amides is 1.